The first-order chi connectivity index (χ1) is 14.5. The monoisotopic (exact) mass is 419 g/mol. The van der Waals surface area contributed by atoms with Crippen LogP contribution >= 0.6 is 0 Å². The van der Waals surface area contributed by atoms with Crippen molar-refractivity contribution in [1.82, 2.24) is 0 Å². The van der Waals surface area contributed by atoms with Crippen LogP contribution in [0.4, 0.5) is 5.69 Å². The van der Waals surface area contributed by atoms with Crippen LogP contribution in [-0.4, -0.2) is 21.4 Å². The maximum Gasteiger partial charge on any atom is 0.158 e. The lowest BCUT2D eigenvalue weighted by Crippen LogP contribution is -2.44. The second kappa shape index (κ2) is 9.82. The Balaban J connectivity index is 0.000000366. The smallest absolute Gasteiger partial charge is 0.158 e. The van der Waals surface area contributed by atoms with E-state index in [4.69, 9.17) is 20.7 Å². The van der Waals surface area contributed by atoms with Gasteiger partial charge >= 0.3 is 0 Å². The van der Waals surface area contributed by atoms with Gasteiger partial charge in [-0.1, -0.05) is 61.2 Å². The zero-order valence-electron chi connectivity index (χ0n) is 19.0. The van der Waals surface area contributed by atoms with E-state index >= 15 is 0 Å². The fourth-order valence-electron chi connectivity index (χ4n) is 2.71. The van der Waals surface area contributed by atoms with Crippen molar-refractivity contribution in [3.63, 3.8) is 0 Å². The van der Waals surface area contributed by atoms with Crippen LogP contribution in [-0.2, 0) is 0 Å². The normalized spacial score (nSPS) is 11.8. The third-order valence-corrected chi connectivity index (χ3v) is 5.25. The highest BCUT2D eigenvalue weighted by Crippen LogP contribution is 2.39. The second-order valence-corrected chi connectivity index (χ2v) is 8.39. The van der Waals surface area contributed by atoms with Gasteiger partial charge in [0.25, 0.3) is 0 Å². The quantitative estimate of drug-likeness (QED) is 0.417. The largest absolute Gasteiger partial charge is 0.455 e. The number of ether oxygens (including phenoxy) is 1. The van der Waals surface area contributed by atoms with Crippen LogP contribution in [0, 0.1) is 0 Å². The van der Waals surface area contributed by atoms with E-state index < -0.39 is 11.2 Å². The summed E-state index contributed by atoms with van der Waals surface area (Å²) in [5, 5.41) is 20.3. The second-order valence-electron chi connectivity index (χ2n) is 8.39. The van der Waals surface area contributed by atoms with Crippen molar-refractivity contribution >= 4 is 28.6 Å². The summed E-state index contributed by atoms with van der Waals surface area (Å²) in [7, 11) is 0. The first-order valence-electron chi connectivity index (χ1n) is 10.3. The van der Waals surface area contributed by atoms with Gasteiger partial charge < -0.3 is 20.7 Å². The molecule has 4 nitrogen and oxygen atoms in total. The van der Waals surface area contributed by atoms with Crippen molar-refractivity contribution in [1.29, 1.82) is 0 Å². The van der Waals surface area contributed by atoms with Crippen LogP contribution in [0.2, 0.25) is 0 Å². The van der Waals surface area contributed by atoms with Gasteiger partial charge in [-0.25, -0.2) is 0 Å². The molecule has 0 amide bonds. The molecule has 3 rings (SSSR count). The standard InChI is InChI=1S/C21H19NO.C6H14O2/c1-3-8-15-11-12-16-13-14-19(22)21(20(16)18(15)4-2)23-17-9-6-5-7-10-17;1-5(2,7)6(3,4)8/h3-14H,2,22H2,1H3;7-8H,1-4H3/b8-3-;. The fraction of sp³-hybridized carbons (Fsp3) is 0.259. The zero-order valence-corrected chi connectivity index (χ0v) is 19.0. The summed E-state index contributed by atoms with van der Waals surface area (Å²) in [5.41, 5.74) is 6.93. The molecule has 4 heteroatoms. The number of para-hydroxylation sites is 1. The fourth-order valence-corrected chi connectivity index (χ4v) is 2.71. The lowest BCUT2D eigenvalue weighted by atomic mass is 9.90. The molecule has 3 aromatic rings. The molecular weight excluding hydrogens is 386 g/mol. The highest BCUT2D eigenvalue weighted by Gasteiger charge is 2.31. The molecule has 0 spiro atoms. The summed E-state index contributed by atoms with van der Waals surface area (Å²) in [6, 6.07) is 17.7. The molecule has 0 aliphatic heterocycles. The van der Waals surface area contributed by atoms with Crippen molar-refractivity contribution in [3.8, 4) is 11.5 Å². The maximum absolute atomic E-state index is 9.10. The Labute approximate surface area is 185 Å². The molecule has 0 saturated heterocycles. The number of aliphatic hydroxyl groups is 2. The first kappa shape index (κ1) is 24.2. The maximum atomic E-state index is 9.10. The van der Waals surface area contributed by atoms with Gasteiger partial charge in [-0.15, -0.1) is 0 Å². The molecule has 3 aromatic carbocycles. The minimum absolute atomic E-state index is 0.613. The van der Waals surface area contributed by atoms with Crippen LogP contribution in [0.1, 0.15) is 45.7 Å². The van der Waals surface area contributed by atoms with Crippen molar-refractivity contribution < 1.29 is 14.9 Å². The highest BCUT2D eigenvalue weighted by atomic mass is 16.5. The number of nitrogens with two attached hydrogens (primary N) is 1. The molecule has 0 aromatic heterocycles. The van der Waals surface area contributed by atoms with E-state index in [9.17, 15) is 0 Å². The van der Waals surface area contributed by atoms with Crippen LogP contribution in [0.25, 0.3) is 22.9 Å². The topological polar surface area (TPSA) is 75.7 Å². The number of benzene rings is 3. The van der Waals surface area contributed by atoms with Crippen LogP contribution in [0.5, 0.6) is 11.5 Å². The van der Waals surface area contributed by atoms with Gasteiger partial charge in [-0.05, 0) is 69.3 Å². The summed E-state index contributed by atoms with van der Waals surface area (Å²) >= 11 is 0. The third-order valence-electron chi connectivity index (χ3n) is 5.25. The lowest BCUT2D eigenvalue weighted by Gasteiger charge is -2.31. The molecular formula is C27H33NO3. The Bertz CT molecular complexity index is 1040. The van der Waals surface area contributed by atoms with Gasteiger partial charge in [0.2, 0.25) is 0 Å². The van der Waals surface area contributed by atoms with Gasteiger partial charge in [0, 0.05) is 5.39 Å². The first-order valence-corrected chi connectivity index (χ1v) is 10.3. The number of hydrogen-bond donors (Lipinski definition) is 3. The highest BCUT2D eigenvalue weighted by molar-refractivity contribution is 6.01. The van der Waals surface area contributed by atoms with E-state index in [0.717, 1.165) is 27.6 Å². The zero-order chi connectivity index (χ0) is 23.2. The molecule has 0 saturated carbocycles. The molecule has 0 atom stereocenters. The number of allylic oxidation sites excluding steroid dienone is 1. The van der Waals surface area contributed by atoms with E-state index in [1.165, 1.54) is 0 Å². The number of anilines is 1. The van der Waals surface area contributed by atoms with E-state index in [-0.39, 0.29) is 0 Å². The van der Waals surface area contributed by atoms with Gasteiger partial charge in [-0.2, -0.15) is 0 Å². The van der Waals surface area contributed by atoms with Gasteiger partial charge in [0.05, 0.1) is 16.9 Å². The Morgan fingerprint density at radius 3 is 2.00 bits per heavy atom. The molecule has 0 aliphatic carbocycles. The van der Waals surface area contributed by atoms with Crippen molar-refractivity contribution in [2.45, 2.75) is 45.8 Å². The molecule has 0 bridgehead atoms. The van der Waals surface area contributed by atoms with Crippen LogP contribution in [0.15, 0.2) is 67.3 Å². The summed E-state index contributed by atoms with van der Waals surface area (Å²) in [5.74, 6) is 1.44. The van der Waals surface area contributed by atoms with Gasteiger partial charge in [0.15, 0.2) is 5.75 Å². The number of rotatable bonds is 5. The van der Waals surface area contributed by atoms with E-state index in [1.54, 1.807) is 27.7 Å². The number of hydrogen-bond acceptors (Lipinski definition) is 4. The minimum atomic E-state index is -1.01. The van der Waals surface area contributed by atoms with Crippen molar-refractivity contribution in [2.75, 3.05) is 5.73 Å². The molecule has 31 heavy (non-hydrogen) atoms. The summed E-state index contributed by atoms with van der Waals surface area (Å²) in [6.07, 6.45) is 5.93. The minimum Gasteiger partial charge on any atom is -0.455 e. The molecule has 0 heterocycles. The van der Waals surface area contributed by atoms with Crippen LogP contribution in [0.3, 0.4) is 0 Å². The van der Waals surface area contributed by atoms with Crippen molar-refractivity contribution in [3.05, 3.63) is 78.4 Å². The molecule has 164 valence electrons. The lowest BCUT2D eigenvalue weighted by molar-refractivity contribution is -0.107. The van der Waals surface area contributed by atoms with E-state index in [0.29, 0.717) is 11.4 Å². The summed E-state index contributed by atoms with van der Waals surface area (Å²) in [4.78, 5) is 0. The van der Waals surface area contributed by atoms with Gasteiger partial charge in [-0.3, -0.25) is 0 Å². The third kappa shape index (κ3) is 5.97. The Morgan fingerprint density at radius 2 is 1.48 bits per heavy atom. The molecule has 0 radical (unpaired) electrons. The average molecular weight is 420 g/mol. The Morgan fingerprint density at radius 1 is 0.903 bits per heavy atom. The summed E-state index contributed by atoms with van der Waals surface area (Å²) < 4.78 is 6.10. The summed E-state index contributed by atoms with van der Waals surface area (Å²) in [6.45, 7) is 12.3. The van der Waals surface area contributed by atoms with Gasteiger partial charge in [0.1, 0.15) is 5.75 Å². The average Bonchev–Trinajstić information content (AvgIpc) is 2.70. The SMILES string of the molecule is C=Cc1c(/C=C\C)ccc2ccc(N)c(Oc3ccccc3)c12.CC(C)(O)C(C)(C)O. The Hall–Kier alpha value is -3.08. The number of fused-ring (bicyclic) bond motifs is 1. The molecule has 0 aliphatic rings. The molecule has 4 N–H and O–H groups in total. The van der Waals surface area contributed by atoms with Crippen LogP contribution < -0.4 is 10.5 Å². The predicted molar refractivity (Wildman–Crippen MR) is 132 cm³/mol. The Kier molecular flexibility index (Phi) is 7.66. The predicted octanol–water partition coefficient (Wildman–Crippen LogP) is 6.42. The van der Waals surface area contributed by atoms with E-state index in [1.807, 2.05) is 61.5 Å². The molecule has 0 unspecified atom stereocenters. The van der Waals surface area contributed by atoms with E-state index in [2.05, 4.69) is 24.8 Å². The van der Waals surface area contributed by atoms with Crippen molar-refractivity contribution in [2.24, 2.45) is 0 Å². The number of nitrogen functional groups attached to an aromatic ring is 1. The molecule has 0 fully saturated rings.